The van der Waals surface area contributed by atoms with E-state index < -0.39 is 0 Å². The maximum atomic E-state index is 13.2. The minimum absolute atomic E-state index is 0.0803. The number of pyridine rings is 1. The fraction of sp³-hybridized carbons (Fsp3) is 0.222. The van der Waals surface area contributed by atoms with Gasteiger partial charge in [-0.2, -0.15) is 0 Å². The highest BCUT2D eigenvalue weighted by Gasteiger charge is 2.31. The van der Waals surface area contributed by atoms with Crippen LogP contribution in [0, 0.1) is 12.7 Å². The Hall–Kier alpha value is -3.58. The highest BCUT2D eigenvalue weighted by molar-refractivity contribution is 7.18. The van der Waals surface area contributed by atoms with Gasteiger partial charge in [0.05, 0.1) is 15.4 Å². The van der Waals surface area contributed by atoms with Crippen molar-refractivity contribution in [3.05, 3.63) is 94.2 Å². The molecule has 1 fully saturated rings. The normalized spacial score (nSPS) is 13.8. The van der Waals surface area contributed by atoms with Gasteiger partial charge in [0, 0.05) is 37.6 Å². The van der Waals surface area contributed by atoms with Crippen molar-refractivity contribution in [1.82, 2.24) is 9.88 Å². The number of halogens is 1. The fourth-order valence-corrected chi connectivity index (χ4v) is 5.40. The summed E-state index contributed by atoms with van der Waals surface area (Å²) in [6.45, 7) is 3.51. The van der Waals surface area contributed by atoms with Crippen molar-refractivity contribution in [3.63, 3.8) is 0 Å². The van der Waals surface area contributed by atoms with Gasteiger partial charge in [0.25, 0.3) is 0 Å². The van der Waals surface area contributed by atoms with Gasteiger partial charge in [-0.1, -0.05) is 30.3 Å². The Labute approximate surface area is 201 Å². The summed E-state index contributed by atoms with van der Waals surface area (Å²) in [6.07, 6.45) is 2.85. The summed E-state index contributed by atoms with van der Waals surface area (Å²) in [7, 11) is 0. The molecule has 0 radical (unpaired) electrons. The van der Waals surface area contributed by atoms with E-state index in [4.69, 9.17) is 0 Å². The van der Waals surface area contributed by atoms with E-state index in [-0.39, 0.29) is 17.6 Å². The van der Waals surface area contributed by atoms with Crippen molar-refractivity contribution < 1.29 is 14.0 Å². The van der Waals surface area contributed by atoms with E-state index in [2.05, 4.69) is 11.1 Å². The van der Waals surface area contributed by atoms with Crippen LogP contribution in [0.15, 0.2) is 66.9 Å². The summed E-state index contributed by atoms with van der Waals surface area (Å²) >= 11 is 1.38. The molecule has 0 aliphatic carbocycles. The number of carbonyl (C=O) groups is 2. The first-order chi connectivity index (χ1) is 16.5. The number of nitrogens with zero attached hydrogens (tertiary/aromatic N) is 3. The van der Waals surface area contributed by atoms with Gasteiger partial charge in [-0.05, 0) is 60.4 Å². The number of aryl methyl sites for hydroxylation is 2. The average Bonchev–Trinajstić information content (AvgIpc) is 3.41. The molecule has 0 spiro atoms. The van der Waals surface area contributed by atoms with Gasteiger partial charge in [0.1, 0.15) is 5.82 Å². The molecule has 0 unspecified atom stereocenters. The molecule has 34 heavy (non-hydrogen) atoms. The van der Waals surface area contributed by atoms with Crippen molar-refractivity contribution in [2.45, 2.75) is 26.3 Å². The summed E-state index contributed by atoms with van der Waals surface area (Å²) in [4.78, 5) is 34.6. The van der Waals surface area contributed by atoms with Crippen LogP contribution in [0.4, 0.5) is 14.2 Å². The van der Waals surface area contributed by atoms with Crippen LogP contribution < -0.4 is 4.90 Å². The molecule has 4 aromatic rings. The van der Waals surface area contributed by atoms with Gasteiger partial charge in [-0.25, -0.2) is 9.18 Å². The number of Topliss-reactive ketones (excluding diaryl/α,β-unsaturated/α-hetero) is 1. The zero-order chi connectivity index (χ0) is 23.7. The van der Waals surface area contributed by atoms with E-state index in [1.165, 1.54) is 23.5 Å². The number of ketones is 1. The van der Waals surface area contributed by atoms with E-state index in [9.17, 15) is 14.0 Å². The van der Waals surface area contributed by atoms with Gasteiger partial charge in [0.15, 0.2) is 5.78 Å². The maximum absolute atomic E-state index is 13.2. The smallest absolute Gasteiger partial charge is 0.318 e. The van der Waals surface area contributed by atoms with Crippen LogP contribution in [-0.4, -0.2) is 34.8 Å². The number of hydrogen-bond acceptors (Lipinski definition) is 4. The molecule has 0 bridgehead atoms. The number of thiophene rings is 1. The summed E-state index contributed by atoms with van der Waals surface area (Å²) < 4.78 is 13.2. The number of fused-ring (bicyclic) bond motifs is 1. The number of amides is 2. The van der Waals surface area contributed by atoms with E-state index in [1.807, 2.05) is 43.5 Å². The van der Waals surface area contributed by atoms with Crippen molar-refractivity contribution in [2.75, 3.05) is 18.0 Å². The zero-order valence-corrected chi connectivity index (χ0v) is 19.6. The van der Waals surface area contributed by atoms with Crippen LogP contribution in [0.5, 0.6) is 0 Å². The number of aromatic nitrogens is 1. The topological polar surface area (TPSA) is 53.5 Å². The third-order valence-corrected chi connectivity index (χ3v) is 7.39. The number of hydrogen-bond donors (Lipinski definition) is 0. The number of rotatable bonds is 7. The third-order valence-electron chi connectivity index (χ3n) is 6.09. The predicted molar refractivity (Wildman–Crippen MR) is 133 cm³/mol. The number of anilines is 1. The number of carbonyl (C=O) groups excluding carboxylic acids is 2. The molecule has 5 rings (SSSR count). The second-order valence-corrected chi connectivity index (χ2v) is 9.57. The van der Waals surface area contributed by atoms with Crippen LogP contribution >= 0.6 is 11.3 Å². The van der Waals surface area contributed by atoms with Gasteiger partial charge in [-0.15, -0.1) is 11.3 Å². The quantitative estimate of drug-likeness (QED) is 0.309. The number of para-hydroxylation sites is 1. The van der Waals surface area contributed by atoms with Crippen LogP contribution in [0.25, 0.3) is 10.9 Å². The molecule has 1 aliphatic heterocycles. The molecule has 2 amide bonds. The molecule has 5 nitrogen and oxygen atoms in total. The summed E-state index contributed by atoms with van der Waals surface area (Å²) in [5, 5.41) is 1.86. The summed E-state index contributed by atoms with van der Waals surface area (Å²) in [5.74, 6) is -0.210. The lowest BCUT2D eigenvalue weighted by Gasteiger charge is -2.17. The lowest BCUT2D eigenvalue weighted by Crippen LogP contribution is -2.30. The van der Waals surface area contributed by atoms with Crippen molar-refractivity contribution in [2.24, 2.45) is 0 Å². The predicted octanol–water partition coefficient (Wildman–Crippen LogP) is 6.00. The summed E-state index contributed by atoms with van der Waals surface area (Å²) in [5.41, 5.74) is 3.76. The SMILES string of the molecule is Cc1cc(N2CCN(Cc3ccc(F)cc3)C2=O)sc1C(=O)CCc1cnc2ccccc2c1. The fourth-order valence-electron chi connectivity index (χ4n) is 4.24. The first-order valence-electron chi connectivity index (χ1n) is 11.3. The Balaban J connectivity index is 1.24. The Bertz CT molecular complexity index is 1370. The number of urea groups is 1. The van der Waals surface area contributed by atoms with E-state index in [0.717, 1.165) is 32.6 Å². The highest BCUT2D eigenvalue weighted by Crippen LogP contribution is 2.33. The number of benzene rings is 2. The molecule has 2 aromatic carbocycles. The van der Waals surface area contributed by atoms with Crippen LogP contribution in [0.2, 0.25) is 0 Å². The van der Waals surface area contributed by atoms with E-state index in [1.54, 1.807) is 21.9 Å². The van der Waals surface area contributed by atoms with Crippen molar-refractivity contribution >= 4 is 39.1 Å². The third kappa shape index (κ3) is 4.56. The van der Waals surface area contributed by atoms with Gasteiger partial charge >= 0.3 is 6.03 Å². The Morgan fingerprint density at radius 3 is 2.68 bits per heavy atom. The molecule has 2 aromatic heterocycles. The lowest BCUT2D eigenvalue weighted by atomic mass is 10.1. The largest absolute Gasteiger partial charge is 0.325 e. The van der Waals surface area contributed by atoms with Crippen molar-refractivity contribution in [1.29, 1.82) is 0 Å². The molecule has 7 heteroatoms. The van der Waals surface area contributed by atoms with Gasteiger partial charge < -0.3 is 4.90 Å². The van der Waals surface area contributed by atoms with Gasteiger partial charge in [0.2, 0.25) is 0 Å². The van der Waals surface area contributed by atoms with Crippen LogP contribution in [-0.2, 0) is 13.0 Å². The Morgan fingerprint density at radius 1 is 1.06 bits per heavy atom. The minimum Gasteiger partial charge on any atom is -0.318 e. The zero-order valence-electron chi connectivity index (χ0n) is 18.8. The molecule has 1 saturated heterocycles. The van der Waals surface area contributed by atoms with Crippen LogP contribution in [0.1, 0.15) is 32.8 Å². The Kier molecular flexibility index (Phi) is 6.11. The van der Waals surface area contributed by atoms with E-state index >= 15 is 0 Å². The lowest BCUT2D eigenvalue weighted by molar-refractivity contribution is 0.0986. The molecular weight excluding hydrogens is 449 g/mol. The first-order valence-corrected chi connectivity index (χ1v) is 12.1. The highest BCUT2D eigenvalue weighted by atomic mass is 32.1. The summed E-state index contributed by atoms with van der Waals surface area (Å²) in [6, 6.07) is 18.1. The molecule has 172 valence electrons. The molecule has 1 aliphatic rings. The standard InChI is InChI=1S/C27H24FN3O2S/c1-18-14-25(31-13-12-30(27(31)33)17-19-6-9-22(28)10-7-19)34-26(18)24(32)11-8-20-15-21-4-2-3-5-23(21)29-16-20/h2-7,9-10,14-16H,8,11-13,17H2,1H3. The maximum Gasteiger partial charge on any atom is 0.325 e. The second-order valence-electron chi connectivity index (χ2n) is 8.54. The molecule has 3 heterocycles. The first kappa shape index (κ1) is 22.2. The minimum atomic E-state index is -0.290. The molecule has 0 atom stereocenters. The molecule has 0 saturated carbocycles. The van der Waals surface area contributed by atoms with Crippen LogP contribution in [0.3, 0.4) is 0 Å². The molecular formula is C27H24FN3O2S. The van der Waals surface area contributed by atoms with E-state index in [0.29, 0.717) is 37.4 Å². The van der Waals surface area contributed by atoms with Gasteiger partial charge in [-0.3, -0.25) is 14.7 Å². The average molecular weight is 474 g/mol. The monoisotopic (exact) mass is 473 g/mol. The molecule has 0 N–H and O–H groups in total. The second kappa shape index (κ2) is 9.35. The van der Waals surface area contributed by atoms with Crippen molar-refractivity contribution in [3.8, 4) is 0 Å². The Morgan fingerprint density at radius 2 is 1.85 bits per heavy atom.